The molecule has 1 heterocycles. The van der Waals surface area contributed by atoms with Crippen LogP contribution in [0, 0.1) is 6.92 Å². The van der Waals surface area contributed by atoms with E-state index in [9.17, 15) is 0 Å². The number of fused-ring (bicyclic) bond motifs is 1. The van der Waals surface area contributed by atoms with E-state index in [0.29, 0.717) is 0 Å². The summed E-state index contributed by atoms with van der Waals surface area (Å²) in [6, 6.07) is 4.29. The van der Waals surface area contributed by atoms with Gasteiger partial charge in [0.25, 0.3) is 0 Å². The van der Waals surface area contributed by atoms with E-state index < -0.39 is 0 Å². The molecule has 0 saturated heterocycles. The van der Waals surface area contributed by atoms with Crippen LogP contribution in [-0.2, 0) is 5.41 Å². The van der Waals surface area contributed by atoms with Crippen molar-refractivity contribution in [3.63, 3.8) is 0 Å². The molecule has 0 aliphatic carbocycles. The van der Waals surface area contributed by atoms with Crippen molar-refractivity contribution in [2.24, 2.45) is 0 Å². The van der Waals surface area contributed by atoms with Gasteiger partial charge in [0.2, 0.25) is 0 Å². The van der Waals surface area contributed by atoms with Crippen LogP contribution < -0.4 is 5.32 Å². The monoisotopic (exact) mass is 239 g/mol. The second kappa shape index (κ2) is 2.74. The topological polar surface area (TPSA) is 12.0 Å². The van der Waals surface area contributed by atoms with Crippen LogP contribution in [0.25, 0.3) is 0 Å². The Balaban J connectivity index is 2.70. The molecule has 2 heteroatoms. The van der Waals surface area contributed by atoms with Crippen molar-refractivity contribution in [3.8, 4) is 0 Å². The maximum absolute atomic E-state index is 3.62. The van der Waals surface area contributed by atoms with Gasteiger partial charge in [0.15, 0.2) is 0 Å². The van der Waals surface area contributed by atoms with E-state index in [2.05, 4.69) is 54.2 Å². The first-order chi connectivity index (χ1) is 6.02. The van der Waals surface area contributed by atoms with E-state index in [1.807, 2.05) is 0 Å². The number of aryl methyl sites for hydroxylation is 1. The van der Waals surface area contributed by atoms with Crippen molar-refractivity contribution in [2.45, 2.75) is 26.2 Å². The van der Waals surface area contributed by atoms with Crippen molar-refractivity contribution in [1.29, 1.82) is 0 Å². The van der Waals surface area contributed by atoms with Gasteiger partial charge in [0, 0.05) is 22.1 Å². The van der Waals surface area contributed by atoms with Gasteiger partial charge in [-0.05, 0) is 24.1 Å². The molecule has 0 bridgehead atoms. The van der Waals surface area contributed by atoms with Crippen LogP contribution in [0.15, 0.2) is 16.6 Å². The van der Waals surface area contributed by atoms with E-state index >= 15 is 0 Å². The lowest BCUT2D eigenvalue weighted by molar-refractivity contribution is 0.583. The van der Waals surface area contributed by atoms with Crippen molar-refractivity contribution in [2.75, 3.05) is 11.9 Å². The fourth-order valence-electron chi connectivity index (χ4n) is 1.97. The molecule has 0 spiro atoms. The summed E-state index contributed by atoms with van der Waals surface area (Å²) in [4.78, 5) is 0. The Hall–Kier alpha value is -0.500. The highest BCUT2D eigenvalue weighted by molar-refractivity contribution is 9.10. The Morgan fingerprint density at radius 3 is 2.69 bits per heavy atom. The Morgan fingerprint density at radius 2 is 2.08 bits per heavy atom. The molecule has 0 saturated carbocycles. The summed E-state index contributed by atoms with van der Waals surface area (Å²) in [5.41, 5.74) is 4.33. The second-order valence-electron chi connectivity index (χ2n) is 4.35. The molecule has 1 aromatic carbocycles. The second-order valence-corrected chi connectivity index (χ2v) is 5.21. The van der Waals surface area contributed by atoms with Crippen LogP contribution in [0.1, 0.15) is 25.0 Å². The van der Waals surface area contributed by atoms with Gasteiger partial charge in [0.1, 0.15) is 0 Å². The van der Waals surface area contributed by atoms with Crippen molar-refractivity contribution >= 4 is 21.6 Å². The minimum atomic E-state index is 0.250. The minimum Gasteiger partial charge on any atom is -0.384 e. The van der Waals surface area contributed by atoms with E-state index in [0.717, 1.165) is 6.54 Å². The molecule has 0 aromatic heterocycles. The first-order valence-corrected chi connectivity index (χ1v) is 5.35. The van der Waals surface area contributed by atoms with Crippen LogP contribution >= 0.6 is 15.9 Å². The van der Waals surface area contributed by atoms with Crippen LogP contribution in [0.5, 0.6) is 0 Å². The summed E-state index contributed by atoms with van der Waals surface area (Å²) in [5.74, 6) is 0. The van der Waals surface area contributed by atoms with E-state index in [1.165, 1.54) is 21.3 Å². The van der Waals surface area contributed by atoms with E-state index in [4.69, 9.17) is 0 Å². The van der Waals surface area contributed by atoms with Crippen LogP contribution in [0.4, 0.5) is 5.69 Å². The van der Waals surface area contributed by atoms with Gasteiger partial charge in [-0.2, -0.15) is 0 Å². The van der Waals surface area contributed by atoms with E-state index in [1.54, 1.807) is 0 Å². The maximum Gasteiger partial charge on any atom is 0.0420 e. The van der Waals surface area contributed by atoms with Crippen LogP contribution in [0.3, 0.4) is 0 Å². The molecule has 1 aliphatic rings. The van der Waals surface area contributed by atoms with Crippen LogP contribution in [-0.4, -0.2) is 6.54 Å². The Labute approximate surface area is 87.7 Å². The zero-order valence-corrected chi connectivity index (χ0v) is 9.83. The van der Waals surface area contributed by atoms with Gasteiger partial charge in [-0.15, -0.1) is 0 Å². The number of benzene rings is 1. The van der Waals surface area contributed by atoms with Gasteiger partial charge >= 0.3 is 0 Å². The molecule has 70 valence electrons. The van der Waals surface area contributed by atoms with Gasteiger partial charge < -0.3 is 5.32 Å². The van der Waals surface area contributed by atoms with E-state index in [-0.39, 0.29) is 5.41 Å². The Kier molecular flexibility index (Phi) is 1.91. The number of anilines is 1. The Bertz CT molecular complexity index is 355. The van der Waals surface area contributed by atoms with Gasteiger partial charge in [-0.25, -0.2) is 0 Å². The highest BCUT2D eigenvalue weighted by atomic mass is 79.9. The molecule has 0 unspecified atom stereocenters. The van der Waals surface area contributed by atoms with Crippen molar-refractivity contribution in [3.05, 3.63) is 27.7 Å². The molecule has 0 radical (unpaired) electrons. The van der Waals surface area contributed by atoms with Gasteiger partial charge in [0.05, 0.1) is 0 Å². The third-order valence-corrected chi connectivity index (χ3v) is 3.41. The first-order valence-electron chi connectivity index (χ1n) is 4.56. The zero-order chi connectivity index (χ0) is 9.64. The summed E-state index contributed by atoms with van der Waals surface area (Å²) in [7, 11) is 0. The third-order valence-electron chi connectivity index (χ3n) is 2.75. The molecule has 1 aromatic rings. The van der Waals surface area contributed by atoms with Crippen LogP contribution in [0.2, 0.25) is 0 Å². The predicted molar refractivity (Wildman–Crippen MR) is 60.4 cm³/mol. The molecule has 1 nitrogen and oxygen atoms in total. The number of rotatable bonds is 0. The molecule has 13 heavy (non-hydrogen) atoms. The maximum atomic E-state index is 3.62. The number of hydrogen-bond donors (Lipinski definition) is 1. The Morgan fingerprint density at radius 1 is 1.38 bits per heavy atom. The predicted octanol–water partition coefficient (Wildman–Crippen LogP) is 3.46. The molecule has 0 amide bonds. The molecule has 0 fully saturated rings. The van der Waals surface area contributed by atoms with Crippen molar-refractivity contribution in [1.82, 2.24) is 0 Å². The molecule has 1 N–H and O–H groups in total. The average Bonchev–Trinajstić information content (AvgIpc) is 2.36. The molecular weight excluding hydrogens is 226 g/mol. The normalized spacial score (nSPS) is 18.2. The minimum absolute atomic E-state index is 0.250. The smallest absolute Gasteiger partial charge is 0.0420 e. The fourth-order valence-corrected chi connectivity index (χ4v) is 2.84. The van der Waals surface area contributed by atoms with Gasteiger partial charge in [-0.3, -0.25) is 0 Å². The lowest BCUT2D eigenvalue weighted by Crippen LogP contribution is -2.19. The summed E-state index contributed by atoms with van der Waals surface area (Å²) >= 11 is 3.62. The molecule has 0 atom stereocenters. The number of nitrogens with one attached hydrogen (secondary N) is 1. The zero-order valence-electron chi connectivity index (χ0n) is 8.24. The largest absolute Gasteiger partial charge is 0.384 e. The standard InChI is InChI=1S/C11H14BrN/c1-7-4-5-8(12)9-10(7)13-6-11(9,2)3/h4-5,13H,6H2,1-3H3. The average molecular weight is 240 g/mol. The third kappa shape index (κ3) is 1.28. The summed E-state index contributed by atoms with van der Waals surface area (Å²) in [5, 5.41) is 3.47. The lowest BCUT2D eigenvalue weighted by Gasteiger charge is -2.18. The lowest BCUT2D eigenvalue weighted by atomic mass is 9.86. The first kappa shape index (κ1) is 9.07. The summed E-state index contributed by atoms with van der Waals surface area (Å²) < 4.78 is 1.23. The molecular formula is C11H14BrN. The quantitative estimate of drug-likeness (QED) is 0.732. The molecule has 2 rings (SSSR count). The fraction of sp³-hybridized carbons (Fsp3) is 0.455. The highest BCUT2D eigenvalue weighted by Gasteiger charge is 2.32. The van der Waals surface area contributed by atoms with Crippen molar-refractivity contribution < 1.29 is 0 Å². The highest BCUT2D eigenvalue weighted by Crippen LogP contribution is 2.42. The SMILES string of the molecule is Cc1ccc(Br)c2c1NCC2(C)C. The summed E-state index contributed by atoms with van der Waals surface area (Å²) in [6.45, 7) is 7.73. The van der Waals surface area contributed by atoms with Gasteiger partial charge in [-0.1, -0.05) is 35.8 Å². The molecule has 1 aliphatic heterocycles. The number of hydrogen-bond acceptors (Lipinski definition) is 1. The number of halogens is 1. The summed E-state index contributed by atoms with van der Waals surface area (Å²) in [6.07, 6.45) is 0.